The molecule has 98 valence electrons. The molecule has 0 saturated heterocycles. The van der Waals surface area contributed by atoms with Gasteiger partial charge in [0.2, 0.25) is 0 Å². The molecule has 0 fully saturated rings. The molecule has 0 spiro atoms. The molecule has 0 nitrogen and oxygen atoms in total. The Morgan fingerprint density at radius 3 is 2.56 bits per heavy atom. The Labute approximate surface area is 109 Å². The van der Waals surface area contributed by atoms with E-state index in [9.17, 15) is 13.2 Å². The van der Waals surface area contributed by atoms with Gasteiger partial charge in [-0.25, -0.2) is 0 Å². The second-order valence-electron chi connectivity index (χ2n) is 4.50. The molecule has 0 heterocycles. The lowest BCUT2D eigenvalue weighted by Crippen LogP contribution is -2.08. The molecule has 0 bridgehead atoms. The number of benzene rings is 1. The fourth-order valence-corrected chi connectivity index (χ4v) is 2.58. The highest BCUT2D eigenvalue weighted by atomic mass is 35.5. The van der Waals surface area contributed by atoms with Gasteiger partial charge in [-0.2, -0.15) is 13.2 Å². The normalized spacial score (nSPS) is 21.3. The lowest BCUT2D eigenvalue weighted by molar-refractivity contribution is -0.137. The zero-order valence-electron chi connectivity index (χ0n) is 9.80. The van der Waals surface area contributed by atoms with Crippen molar-refractivity contribution in [2.75, 3.05) is 0 Å². The molecule has 0 aliphatic heterocycles. The molecule has 1 unspecified atom stereocenters. The molecule has 0 amide bonds. The van der Waals surface area contributed by atoms with Crippen LogP contribution in [0, 0.1) is 0 Å². The number of hydrogen-bond acceptors (Lipinski definition) is 0. The number of halogens is 4. The van der Waals surface area contributed by atoms with Gasteiger partial charge in [0.05, 0.1) is 10.9 Å². The van der Waals surface area contributed by atoms with Crippen LogP contribution in [0.5, 0.6) is 0 Å². The van der Waals surface area contributed by atoms with Crippen molar-refractivity contribution in [1.82, 2.24) is 0 Å². The van der Waals surface area contributed by atoms with Crippen LogP contribution in [0.4, 0.5) is 13.2 Å². The fourth-order valence-electron chi connectivity index (χ4n) is 2.27. The molecule has 0 aromatic heterocycles. The molecule has 1 aromatic rings. The van der Waals surface area contributed by atoms with Gasteiger partial charge in [0.1, 0.15) is 0 Å². The molecule has 0 radical (unpaired) electrons. The van der Waals surface area contributed by atoms with E-state index in [1.165, 1.54) is 12.1 Å². The molecule has 1 aromatic carbocycles. The summed E-state index contributed by atoms with van der Waals surface area (Å²) in [7, 11) is 0. The Bertz CT molecular complexity index is 449. The zero-order valence-corrected chi connectivity index (χ0v) is 10.6. The van der Waals surface area contributed by atoms with Crippen LogP contribution in [-0.2, 0) is 6.18 Å². The van der Waals surface area contributed by atoms with Crippen molar-refractivity contribution >= 4 is 17.2 Å². The van der Waals surface area contributed by atoms with Gasteiger partial charge in [-0.3, -0.25) is 0 Å². The van der Waals surface area contributed by atoms with Crippen molar-refractivity contribution in [2.45, 2.75) is 37.2 Å². The zero-order chi connectivity index (χ0) is 13.2. The van der Waals surface area contributed by atoms with Crippen LogP contribution in [0.2, 0.25) is 0 Å². The summed E-state index contributed by atoms with van der Waals surface area (Å²) in [5, 5.41) is -0.163. The van der Waals surface area contributed by atoms with E-state index in [1.807, 2.05) is 0 Å². The predicted molar refractivity (Wildman–Crippen MR) is 67.5 cm³/mol. The van der Waals surface area contributed by atoms with Crippen molar-refractivity contribution in [3.63, 3.8) is 0 Å². The summed E-state index contributed by atoms with van der Waals surface area (Å²) in [6.07, 6.45) is 0.809. The van der Waals surface area contributed by atoms with Gasteiger partial charge in [-0.05, 0) is 36.5 Å². The third-order valence-corrected chi connectivity index (χ3v) is 3.48. The number of hydrogen-bond donors (Lipinski definition) is 0. The van der Waals surface area contributed by atoms with E-state index < -0.39 is 11.7 Å². The highest BCUT2D eigenvalue weighted by Gasteiger charge is 2.33. The predicted octanol–water partition coefficient (Wildman–Crippen LogP) is 5.27. The van der Waals surface area contributed by atoms with E-state index in [2.05, 4.69) is 0 Å². The summed E-state index contributed by atoms with van der Waals surface area (Å²) in [5.74, 6) is 0. The quantitative estimate of drug-likeness (QED) is 0.612. The van der Waals surface area contributed by atoms with Crippen molar-refractivity contribution in [2.24, 2.45) is 0 Å². The van der Waals surface area contributed by atoms with E-state index in [4.69, 9.17) is 11.6 Å². The van der Waals surface area contributed by atoms with Crippen LogP contribution < -0.4 is 0 Å². The van der Waals surface area contributed by atoms with Crippen molar-refractivity contribution in [3.8, 4) is 0 Å². The monoisotopic (exact) mass is 274 g/mol. The Kier molecular flexibility index (Phi) is 4.00. The third-order valence-electron chi connectivity index (χ3n) is 3.14. The molecule has 18 heavy (non-hydrogen) atoms. The Morgan fingerprint density at radius 2 is 1.83 bits per heavy atom. The van der Waals surface area contributed by atoms with Crippen molar-refractivity contribution in [1.29, 1.82) is 0 Å². The van der Waals surface area contributed by atoms with Gasteiger partial charge < -0.3 is 0 Å². The van der Waals surface area contributed by atoms with E-state index >= 15 is 0 Å². The highest BCUT2D eigenvalue weighted by Crippen LogP contribution is 2.37. The van der Waals surface area contributed by atoms with Gasteiger partial charge in [0.15, 0.2) is 0 Å². The summed E-state index contributed by atoms with van der Waals surface area (Å²) in [6, 6.07) is 5.72. The lowest BCUT2D eigenvalue weighted by atomic mass is 9.96. The minimum atomic E-state index is -4.31. The molecule has 1 aliphatic rings. The first-order chi connectivity index (χ1) is 8.48. The average molecular weight is 275 g/mol. The highest BCUT2D eigenvalue weighted by molar-refractivity contribution is 6.22. The molecule has 0 saturated carbocycles. The first-order valence-corrected chi connectivity index (χ1v) is 6.43. The number of allylic oxidation sites excluding steroid dienone is 2. The molecule has 4 heteroatoms. The average Bonchev–Trinajstić information content (AvgIpc) is 2.53. The Hall–Kier alpha value is -0.960. The Balaban J connectivity index is 2.44. The molecule has 0 N–H and O–H groups in total. The fraction of sp³-hybridized carbons (Fsp3) is 0.429. The van der Waals surface area contributed by atoms with Gasteiger partial charge in [-0.15, -0.1) is 11.6 Å². The molecule has 2 rings (SSSR count). The molecular weight excluding hydrogens is 261 g/mol. The van der Waals surface area contributed by atoms with E-state index in [1.54, 1.807) is 12.1 Å². The maximum atomic E-state index is 12.9. The van der Waals surface area contributed by atoms with E-state index in [0.29, 0.717) is 6.42 Å². The number of alkyl halides is 4. The van der Waals surface area contributed by atoms with Crippen LogP contribution in [0.15, 0.2) is 30.3 Å². The largest absolute Gasteiger partial charge is 0.416 e. The lowest BCUT2D eigenvalue weighted by Gasteiger charge is -2.15. The first kappa shape index (κ1) is 13.5. The topological polar surface area (TPSA) is 0 Å². The SMILES string of the molecule is FC(F)(F)c1ccccc1C1=CC(Cl)CCCC1. The maximum absolute atomic E-state index is 12.9. The van der Waals surface area contributed by atoms with Crippen molar-refractivity contribution in [3.05, 3.63) is 41.5 Å². The minimum Gasteiger partial charge on any atom is -0.166 e. The number of rotatable bonds is 1. The van der Waals surface area contributed by atoms with Crippen molar-refractivity contribution < 1.29 is 13.2 Å². The Morgan fingerprint density at radius 1 is 1.11 bits per heavy atom. The van der Waals surface area contributed by atoms with Crippen LogP contribution in [-0.4, -0.2) is 5.38 Å². The summed E-state index contributed by atoms with van der Waals surface area (Å²) in [5.41, 5.74) is 0.431. The van der Waals surface area contributed by atoms with E-state index in [-0.39, 0.29) is 10.9 Å². The molecular formula is C14H14ClF3. The summed E-state index contributed by atoms with van der Waals surface area (Å²) in [6.45, 7) is 0. The maximum Gasteiger partial charge on any atom is 0.416 e. The standard InChI is InChI=1S/C14H14ClF3/c15-11-6-2-1-5-10(9-11)12-7-3-4-8-13(12)14(16,17)18/h3-4,7-9,11H,1-2,5-6H2. The third kappa shape index (κ3) is 3.08. The van der Waals surface area contributed by atoms with Crippen LogP contribution in [0.25, 0.3) is 5.57 Å². The summed E-state index contributed by atoms with van der Waals surface area (Å²) < 4.78 is 38.8. The smallest absolute Gasteiger partial charge is 0.166 e. The van der Waals surface area contributed by atoms with Gasteiger partial charge in [-0.1, -0.05) is 30.7 Å². The van der Waals surface area contributed by atoms with Crippen LogP contribution in [0.1, 0.15) is 36.8 Å². The second-order valence-corrected chi connectivity index (χ2v) is 5.06. The summed E-state index contributed by atoms with van der Waals surface area (Å²) in [4.78, 5) is 0. The van der Waals surface area contributed by atoms with Gasteiger partial charge in [0.25, 0.3) is 0 Å². The first-order valence-electron chi connectivity index (χ1n) is 6.00. The van der Waals surface area contributed by atoms with Crippen LogP contribution >= 0.6 is 11.6 Å². The molecule has 1 atom stereocenters. The second kappa shape index (κ2) is 5.35. The van der Waals surface area contributed by atoms with Gasteiger partial charge >= 0.3 is 6.18 Å². The molecule has 1 aliphatic carbocycles. The van der Waals surface area contributed by atoms with E-state index in [0.717, 1.165) is 30.9 Å². The van der Waals surface area contributed by atoms with Crippen LogP contribution in [0.3, 0.4) is 0 Å². The summed E-state index contributed by atoms with van der Waals surface area (Å²) >= 11 is 6.07. The van der Waals surface area contributed by atoms with Gasteiger partial charge in [0, 0.05) is 0 Å². The minimum absolute atomic E-state index is 0.163.